The summed E-state index contributed by atoms with van der Waals surface area (Å²) in [7, 11) is 2.50. The SMILES string of the molecule is COC(=O)C1=C(C)C=C(N2CCOCC2)[C@H](C(=O)OC)[C@H]1c1c([N+](=O)[O-])ncn1Cc1ccccc1. The average Bonchev–Trinajstić information content (AvgIpc) is 3.31. The first-order valence-electron chi connectivity index (χ1n) is 11.5. The van der Waals surface area contributed by atoms with E-state index in [1.807, 2.05) is 35.2 Å². The van der Waals surface area contributed by atoms with Crippen LogP contribution < -0.4 is 0 Å². The lowest BCUT2D eigenvalue weighted by molar-refractivity contribution is -0.390. The van der Waals surface area contributed by atoms with Crippen molar-refractivity contribution >= 4 is 17.8 Å². The molecule has 1 fully saturated rings. The fourth-order valence-corrected chi connectivity index (χ4v) is 4.90. The Morgan fingerprint density at radius 1 is 1.17 bits per heavy atom. The van der Waals surface area contributed by atoms with Gasteiger partial charge in [-0.3, -0.25) is 4.79 Å². The first kappa shape index (κ1) is 25.1. The Kier molecular flexibility index (Phi) is 7.49. The fourth-order valence-electron chi connectivity index (χ4n) is 4.90. The van der Waals surface area contributed by atoms with E-state index in [4.69, 9.17) is 14.2 Å². The van der Waals surface area contributed by atoms with Gasteiger partial charge in [-0.15, -0.1) is 0 Å². The Balaban J connectivity index is 1.95. The van der Waals surface area contributed by atoms with Gasteiger partial charge in [-0.25, -0.2) is 4.79 Å². The minimum Gasteiger partial charge on any atom is -0.468 e. The van der Waals surface area contributed by atoms with E-state index in [1.54, 1.807) is 17.6 Å². The van der Waals surface area contributed by atoms with E-state index in [2.05, 4.69) is 4.98 Å². The second-order valence-electron chi connectivity index (χ2n) is 8.56. The van der Waals surface area contributed by atoms with Crippen LogP contribution in [0.15, 0.2) is 59.6 Å². The number of aromatic nitrogens is 2. The molecule has 1 aliphatic carbocycles. The highest BCUT2D eigenvalue weighted by Crippen LogP contribution is 2.46. The van der Waals surface area contributed by atoms with Crippen molar-refractivity contribution in [3.63, 3.8) is 0 Å². The molecule has 4 rings (SSSR count). The van der Waals surface area contributed by atoms with Gasteiger partial charge in [-0.1, -0.05) is 30.3 Å². The maximum Gasteiger partial charge on any atom is 0.385 e. The number of nitro groups is 1. The molecule has 2 aliphatic rings. The number of morpholine rings is 1. The predicted molar refractivity (Wildman–Crippen MR) is 128 cm³/mol. The Morgan fingerprint density at radius 2 is 1.86 bits per heavy atom. The zero-order valence-corrected chi connectivity index (χ0v) is 20.4. The minimum atomic E-state index is -1.06. The number of methoxy groups -OCH3 is 2. The van der Waals surface area contributed by atoms with Gasteiger partial charge in [-0.2, -0.15) is 0 Å². The minimum absolute atomic E-state index is 0.137. The predicted octanol–water partition coefficient (Wildman–Crippen LogP) is 2.43. The molecule has 36 heavy (non-hydrogen) atoms. The standard InChI is InChI=1S/C25H28N4O7/c1-16-13-18(27-9-11-36-12-10-27)20(25(31)35-3)21(19(16)24(30)34-2)22-23(29(32)33)26-15-28(22)14-17-7-5-4-6-8-17/h4-8,13,15,20-21H,9-12,14H2,1-3H3/t20-,21-/m0/s1. The van der Waals surface area contributed by atoms with Gasteiger partial charge in [-0.05, 0) is 34.0 Å². The second-order valence-corrected chi connectivity index (χ2v) is 8.56. The highest BCUT2D eigenvalue weighted by molar-refractivity contribution is 5.95. The molecular weight excluding hydrogens is 468 g/mol. The van der Waals surface area contributed by atoms with Gasteiger partial charge in [0.05, 0.1) is 45.5 Å². The molecule has 0 unspecified atom stereocenters. The van der Waals surface area contributed by atoms with Gasteiger partial charge < -0.3 is 33.8 Å². The number of ether oxygens (including phenoxy) is 3. The summed E-state index contributed by atoms with van der Waals surface area (Å²) >= 11 is 0. The quantitative estimate of drug-likeness (QED) is 0.323. The normalized spacial score (nSPS) is 20.1. The molecule has 0 bridgehead atoms. The number of rotatable bonds is 7. The summed E-state index contributed by atoms with van der Waals surface area (Å²) in [4.78, 5) is 44.0. The van der Waals surface area contributed by atoms with Crippen LogP contribution in [0.2, 0.25) is 0 Å². The van der Waals surface area contributed by atoms with E-state index >= 15 is 0 Å². The summed E-state index contributed by atoms with van der Waals surface area (Å²) in [6, 6.07) is 9.37. The molecule has 0 radical (unpaired) electrons. The van der Waals surface area contributed by atoms with Crippen LogP contribution in [0, 0.1) is 16.0 Å². The summed E-state index contributed by atoms with van der Waals surface area (Å²) < 4.78 is 17.4. The van der Waals surface area contributed by atoms with Crippen molar-refractivity contribution in [2.24, 2.45) is 5.92 Å². The highest BCUT2D eigenvalue weighted by atomic mass is 16.6. The lowest BCUT2D eigenvalue weighted by Gasteiger charge is -2.39. The van der Waals surface area contributed by atoms with Crippen molar-refractivity contribution in [3.05, 3.63) is 81.0 Å². The van der Waals surface area contributed by atoms with Crippen LogP contribution in [0.3, 0.4) is 0 Å². The third kappa shape index (κ3) is 4.74. The van der Waals surface area contributed by atoms with E-state index in [0.717, 1.165) is 5.56 Å². The van der Waals surface area contributed by atoms with Crippen LogP contribution in [-0.4, -0.2) is 71.8 Å². The number of imidazole rings is 1. The molecule has 2 aromatic rings. The van der Waals surface area contributed by atoms with Gasteiger partial charge in [0, 0.05) is 18.8 Å². The van der Waals surface area contributed by atoms with Crippen molar-refractivity contribution in [2.45, 2.75) is 19.4 Å². The number of hydrogen-bond donors (Lipinski definition) is 0. The van der Waals surface area contributed by atoms with E-state index < -0.39 is 34.5 Å². The molecule has 11 nitrogen and oxygen atoms in total. The molecule has 0 amide bonds. The van der Waals surface area contributed by atoms with Crippen LogP contribution in [0.25, 0.3) is 0 Å². The molecular formula is C25H28N4O7. The number of hydrogen-bond acceptors (Lipinski definition) is 9. The Labute approximate surface area is 208 Å². The number of benzene rings is 1. The summed E-state index contributed by atoms with van der Waals surface area (Å²) in [5.41, 5.74) is 2.33. The van der Waals surface area contributed by atoms with Crippen LogP contribution >= 0.6 is 0 Å². The highest BCUT2D eigenvalue weighted by Gasteiger charge is 2.48. The third-order valence-corrected chi connectivity index (χ3v) is 6.51. The van der Waals surface area contributed by atoms with Crippen LogP contribution in [0.4, 0.5) is 5.82 Å². The van der Waals surface area contributed by atoms with Gasteiger partial charge in [0.1, 0.15) is 11.6 Å². The van der Waals surface area contributed by atoms with Crippen LogP contribution in [-0.2, 0) is 30.3 Å². The zero-order valence-electron chi connectivity index (χ0n) is 20.4. The monoisotopic (exact) mass is 496 g/mol. The van der Waals surface area contributed by atoms with Crippen molar-refractivity contribution in [1.82, 2.24) is 14.5 Å². The lowest BCUT2D eigenvalue weighted by atomic mass is 9.74. The number of allylic oxidation sites excluding steroid dienone is 2. The maximum absolute atomic E-state index is 13.3. The maximum atomic E-state index is 13.3. The number of esters is 2. The largest absolute Gasteiger partial charge is 0.468 e. The van der Waals surface area contributed by atoms with E-state index in [-0.39, 0.29) is 17.8 Å². The zero-order chi connectivity index (χ0) is 25.8. The summed E-state index contributed by atoms with van der Waals surface area (Å²) in [6.07, 6.45) is 3.13. The average molecular weight is 497 g/mol. The molecule has 190 valence electrons. The van der Waals surface area contributed by atoms with Crippen molar-refractivity contribution in [1.29, 1.82) is 0 Å². The fraction of sp³-hybridized carbons (Fsp3) is 0.400. The smallest absolute Gasteiger partial charge is 0.385 e. The third-order valence-electron chi connectivity index (χ3n) is 6.51. The summed E-state index contributed by atoms with van der Waals surface area (Å²) in [6.45, 7) is 3.97. The number of carbonyl (C=O) groups is 2. The van der Waals surface area contributed by atoms with E-state index in [0.29, 0.717) is 37.6 Å². The van der Waals surface area contributed by atoms with Crippen molar-refractivity contribution < 1.29 is 28.7 Å². The summed E-state index contributed by atoms with van der Waals surface area (Å²) in [5, 5.41) is 12.1. The molecule has 0 N–H and O–H groups in total. The van der Waals surface area contributed by atoms with Gasteiger partial charge >= 0.3 is 17.8 Å². The lowest BCUT2D eigenvalue weighted by Crippen LogP contribution is -2.44. The molecule has 1 aromatic carbocycles. The Bertz CT molecular complexity index is 1210. The van der Waals surface area contributed by atoms with Gasteiger partial charge in [0.15, 0.2) is 0 Å². The van der Waals surface area contributed by atoms with Crippen molar-refractivity contribution in [2.75, 3.05) is 40.5 Å². The second kappa shape index (κ2) is 10.7. The number of carbonyl (C=O) groups excluding carboxylic acids is 2. The molecule has 1 aromatic heterocycles. The number of nitrogens with zero attached hydrogens (tertiary/aromatic N) is 4. The molecule has 11 heteroatoms. The first-order valence-corrected chi connectivity index (χ1v) is 11.5. The van der Waals surface area contributed by atoms with Crippen molar-refractivity contribution in [3.8, 4) is 0 Å². The van der Waals surface area contributed by atoms with Gasteiger partial charge in [0.2, 0.25) is 6.33 Å². The van der Waals surface area contributed by atoms with Crippen LogP contribution in [0.1, 0.15) is 24.1 Å². The topological polar surface area (TPSA) is 126 Å². The molecule has 2 heterocycles. The molecule has 2 atom stereocenters. The molecule has 1 aliphatic heterocycles. The first-order chi connectivity index (χ1) is 17.4. The molecule has 0 spiro atoms. The van der Waals surface area contributed by atoms with E-state index in [9.17, 15) is 19.7 Å². The van der Waals surface area contributed by atoms with Gasteiger partial charge in [0.25, 0.3) is 0 Å². The Morgan fingerprint density at radius 3 is 2.47 bits per heavy atom. The van der Waals surface area contributed by atoms with E-state index in [1.165, 1.54) is 20.5 Å². The Hall–Kier alpha value is -3.99. The molecule has 0 saturated carbocycles. The summed E-state index contributed by atoms with van der Waals surface area (Å²) in [5.74, 6) is -3.81. The van der Waals surface area contributed by atoms with Crippen LogP contribution in [0.5, 0.6) is 0 Å². The molecule has 1 saturated heterocycles.